The van der Waals surface area contributed by atoms with E-state index in [1.54, 1.807) is 48.5 Å². The van der Waals surface area contributed by atoms with Crippen LogP contribution in [0.1, 0.15) is 22.3 Å². The van der Waals surface area contributed by atoms with E-state index in [9.17, 15) is 14.0 Å². The third-order valence-electron chi connectivity index (χ3n) is 6.25. The highest BCUT2D eigenvalue weighted by molar-refractivity contribution is 6.34. The van der Waals surface area contributed by atoms with E-state index in [1.807, 2.05) is 6.07 Å². The SMILES string of the molecule is COCC(=O)NCc1ccc(Cl)c(C(=O)Nc2ccc3c(N4CCC4)nc(-c4ccccc4F)nc3c2)c1. The molecule has 38 heavy (non-hydrogen) atoms. The molecule has 0 radical (unpaired) electrons. The zero-order chi connectivity index (χ0) is 26.6. The summed E-state index contributed by atoms with van der Waals surface area (Å²) in [6.07, 6.45) is 1.06. The maximum atomic E-state index is 14.6. The molecule has 1 aliphatic heterocycles. The van der Waals surface area contributed by atoms with Gasteiger partial charge in [0.05, 0.1) is 21.7 Å². The number of aromatic nitrogens is 2. The van der Waals surface area contributed by atoms with Gasteiger partial charge in [-0.1, -0.05) is 29.8 Å². The number of carbonyl (C=O) groups is 2. The van der Waals surface area contributed by atoms with Crippen molar-refractivity contribution in [2.75, 3.05) is 37.0 Å². The Morgan fingerprint density at radius 1 is 1.08 bits per heavy atom. The first-order valence-electron chi connectivity index (χ1n) is 12.1. The van der Waals surface area contributed by atoms with Crippen molar-refractivity contribution in [1.82, 2.24) is 15.3 Å². The summed E-state index contributed by atoms with van der Waals surface area (Å²) in [7, 11) is 1.44. The molecule has 3 aromatic carbocycles. The Labute approximate surface area is 223 Å². The number of ether oxygens (including phenoxy) is 1. The number of hydrogen-bond donors (Lipinski definition) is 2. The molecule has 4 aromatic rings. The fourth-order valence-corrected chi connectivity index (χ4v) is 4.36. The Balaban J connectivity index is 1.44. The van der Waals surface area contributed by atoms with E-state index in [1.165, 1.54) is 13.2 Å². The molecule has 2 heterocycles. The number of nitrogens with zero attached hydrogens (tertiary/aromatic N) is 3. The van der Waals surface area contributed by atoms with Gasteiger partial charge >= 0.3 is 0 Å². The number of halogens is 2. The molecule has 0 atom stereocenters. The van der Waals surface area contributed by atoms with Crippen LogP contribution in [0, 0.1) is 5.82 Å². The molecule has 10 heteroatoms. The number of rotatable bonds is 8. The van der Waals surface area contributed by atoms with Gasteiger partial charge in [-0.2, -0.15) is 0 Å². The lowest BCUT2D eigenvalue weighted by Crippen LogP contribution is -2.37. The average molecular weight is 534 g/mol. The van der Waals surface area contributed by atoms with Gasteiger partial charge in [0.2, 0.25) is 5.91 Å². The molecule has 1 aliphatic rings. The molecule has 0 spiro atoms. The van der Waals surface area contributed by atoms with Crippen molar-refractivity contribution in [1.29, 1.82) is 0 Å². The van der Waals surface area contributed by atoms with Gasteiger partial charge in [-0.15, -0.1) is 0 Å². The summed E-state index contributed by atoms with van der Waals surface area (Å²) >= 11 is 6.32. The molecule has 0 bridgehead atoms. The summed E-state index contributed by atoms with van der Waals surface area (Å²) in [6, 6.07) is 16.7. The van der Waals surface area contributed by atoms with Gasteiger partial charge in [0, 0.05) is 37.8 Å². The van der Waals surface area contributed by atoms with Crippen molar-refractivity contribution in [2.24, 2.45) is 0 Å². The molecular weight excluding hydrogens is 509 g/mol. The third-order valence-corrected chi connectivity index (χ3v) is 6.58. The smallest absolute Gasteiger partial charge is 0.257 e. The van der Waals surface area contributed by atoms with Gasteiger partial charge in [0.1, 0.15) is 18.2 Å². The first-order valence-corrected chi connectivity index (χ1v) is 12.5. The van der Waals surface area contributed by atoms with Crippen molar-refractivity contribution in [2.45, 2.75) is 13.0 Å². The zero-order valence-corrected chi connectivity index (χ0v) is 21.4. The quantitative estimate of drug-likeness (QED) is 0.337. The van der Waals surface area contributed by atoms with E-state index >= 15 is 0 Å². The second-order valence-electron chi connectivity index (χ2n) is 8.90. The summed E-state index contributed by atoms with van der Waals surface area (Å²) in [5.41, 5.74) is 2.38. The van der Waals surface area contributed by atoms with Crippen LogP contribution in [0.2, 0.25) is 5.02 Å². The second-order valence-corrected chi connectivity index (χ2v) is 9.31. The molecule has 5 rings (SSSR count). The van der Waals surface area contributed by atoms with Gasteiger partial charge in [-0.05, 0) is 54.4 Å². The lowest BCUT2D eigenvalue weighted by molar-refractivity contribution is -0.124. The molecule has 2 N–H and O–H groups in total. The average Bonchev–Trinajstić information content (AvgIpc) is 2.87. The first-order chi connectivity index (χ1) is 18.4. The number of carbonyl (C=O) groups excluding carboxylic acids is 2. The van der Waals surface area contributed by atoms with Crippen LogP contribution in [0.5, 0.6) is 0 Å². The maximum absolute atomic E-state index is 14.6. The molecule has 1 aromatic heterocycles. The zero-order valence-electron chi connectivity index (χ0n) is 20.6. The molecule has 0 unspecified atom stereocenters. The molecule has 0 aliphatic carbocycles. The van der Waals surface area contributed by atoms with E-state index in [-0.39, 0.29) is 35.5 Å². The molecule has 1 fully saturated rings. The molecule has 0 saturated carbocycles. The lowest BCUT2D eigenvalue weighted by Gasteiger charge is -2.33. The fourth-order valence-electron chi connectivity index (χ4n) is 4.16. The number of benzene rings is 3. The molecular formula is C28H25ClFN5O3. The van der Waals surface area contributed by atoms with Crippen molar-refractivity contribution in [3.63, 3.8) is 0 Å². The largest absolute Gasteiger partial charge is 0.375 e. The van der Waals surface area contributed by atoms with Gasteiger partial charge in [-0.25, -0.2) is 14.4 Å². The fraction of sp³-hybridized carbons (Fsp3) is 0.214. The highest BCUT2D eigenvalue weighted by Gasteiger charge is 2.22. The summed E-state index contributed by atoms with van der Waals surface area (Å²) in [5, 5.41) is 6.68. The van der Waals surface area contributed by atoms with Crippen LogP contribution in [0.15, 0.2) is 60.7 Å². The lowest BCUT2D eigenvalue weighted by atomic mass is 10.1. The van der Waals surface area contributed by atoms with E-state index < -0.39 is 11.7 Å². The Hall–Kier alpha value is -4.08. The molecule has 2 amide bonds. The minimum atomic E-state index is -0.411. The minimum absolute atomic E-state index is 0.0510. The normalized spacial score (nSPS) is 12.8. The monoisotopic (exact) mass is 533 g/mol. The summed E-state index contributed by atoms with van der Waals surface area (Å²) in [6.45, 7) is 1.90. The second kappa shape index (κ2) is 11.1. The van der Waals surface area contributed by atoms with Crippen molar-refractivity contribution in [3.05, 3.63) is 82.6 Å². The number of amides is 2. The standard InChI is InChI=1S/C28H25ClFN5O3/c1-38-16-25(36)31-15-17-7-10-22(29)21(13-17)28(37)32-18-8-9-20-24(14-18)33-26(19-5-2-3-6-23(19)30)34-27(20)35-11-4-12-35/h2-3,5-10,13-14H,4,11-12,15-16H2,1H3,(H,31,36)(H,32,37). The Kier molecular flexibility index (Phi) is 7.48. The van der Waals surface area contributed by atoms with Crippen LogP contribution < -0.4 is 15.5 Å². The highest BCUT2D eigenvalue weighted by Crippen LogP contribution is 2.32. The number of nitrogens with one attached hydrogen (secondary N) is 2. The van der Waals surface area contributed by atoms with Crippen molar-refractivity contribution < 1.29 is 18.7 Å². The van der Waals surface area contributed by atoms with E-state index in [2.05, 4.69) is 25.5 Å². The predicted octanol–water partition coefficient (Wildman–Crippen LogP) is 4.81. The number of hydrogen-bond acceptors (Lipinski definition) is 6. The summed E-state index contributed by atoms with van der Waals surface area (Å²) < 4.78 is 19.4. The topological polar surface area (TPSA) is 96.4 Å². The number of methoxy groups -OCH3 is 1. The minimum Gasteiger partial charge on any atom is -0.375 e. The predicted molar refractivity (Wildman–Crippen MR) is 145 cm³/mol. The highest BCUT2D eigenvalue weighted by atomic mass is 35.5. The first kappa shape index (κ1) is 25.6. The summed E-state index contributed by atoms with van der Waals surface area (Å²) in [4.78, 5) is 36.3. The van der Waals surface area contributed by atoms with E-state index in [0.29, 0.717) is 22.3 Å². The Bertz CT molecular complexity index is 1530. The van der Waals surface area contributed by atoms with Crippen LogP contribution in [-0.4, -0.2) is 48.6 Å². The third kappa shape index (κ3) is 5.44. The summed E-state index contributed by atoms with van der Waals surface area (Å²) in [5.74, 6) is -0.0561. The number of fused-ring (bicyclic) bond motifs is 1. The van der Waals surface area contributed by atoms with Crippen LogP contribution in [-0.2, 0) is 16.1 Å². The maximum Gasteiger partial charge on any atom is 0.257 e. The van der Waals surface area contributed by atoms with Crippen LogP contribution in [0.25, 0.3) is 22.3 Å². The molecule has 8 nitrogen and oxygen atoms in total. The van der Waals surface area contributed by atoms with Gasteiger partial charge in [-0.3, -0.25) is 9.59 Å². The number of anilines is 2. The van der Waals surface area contributed by atoms with Gasteiger partial charge in [0.25, 0.3) is 5.91 Å². The van der Waals surface area contributed by atoms with E-state index in [4.69, 9.17) is 16.3 Å². The van der Waals surface area contributed by atoms with E-state index in [0.717, 1.165) is 30.7 Å². The van der Waals surface area contributed by atoms with Crippen molar-refractivity contribution in [3.8, 4) is 11.4 Å². The van der Waals surface area contributed by atoms with Crippen molar-refractivity contribution >= 4 is 45.8 Å². The van der Waals surface area contributed by atoms with Crippen LogP contribution in [0.4, 0.5) is 15.9 Å². The Morgan fingerprint density at radius 3 is 2.63 bits per heavy atom. The molecule has 1 saturated heterocycles. The van der Waals surface area contributed by atoms with Gasteiger partial charge < -0.3 is 20.3 Å². The molecule has 194 valence electrons. The van der Waals surface area contributed by atoms with Gasteiger partial charge in [0.15, 0.2) is 5.82 Å². The Morgan fingerprint density at radius 2 is 1.89 bits per heavy atom. The van der Waals surface area contributed by atoms with Crippen LogP contribution in [0.3, 0.4) is 0 Å². The van der Waals surface area contributed by atoms with Crippen LogP contribution >= 0.6 is 11.6 Å².